The maximum atomic E-state index is 11.0. The van der Waals surface area contributed by atoms with Gasteiger partial charge in [-0.3, -0.25) is 10.1 Å². The quantitative estimate of drug-likeness (QED) is 0.634. The Hall–Kier alpha value is -1.63. The van der Waals surface area contributed by atoms with E-state index in [2.05, 4.69) is 15.9 Å². The molecule has 0 saturated heterocycles. The number of aliphatic hydroxyl groups is 1. The number of ether oxygens (including phenoxy) is 1. The molecule has 0 spiro atoms. The average Bonchev–Trinajstić information content (AvgIpc) is 2.46. The first kappa shape index (κ1) is 15.8. The van der Waals surface area contributed by atoms with Crippen LogP contribution in [0, 0.1) is 10.1 Å². The summed E-state index contributed by atoms with van der Waals surface area (Å²) in [5.74, 6) is 0.477. The topological polar surface area (TPSA) is 72.6 Å². The van der Waals surface area contributed by atoms with Crippen LogP contribution >= 0.6 is 27.5 Å². The first-order chi connectivity index (χ1) is 10.0. The van der Waals surface area contributed by atoms with Gasteiger partial charge in [-0.2, -0.15) is 0 Å². The molecule has 0 amide bonds. The van der Waals surface area contributed by atoms with E-state index in [9.17, 15) is 15.2 Å². The van der Waals surface area contributed by atoms with Crippen LogP contribution in [0.15, 0.2) is 40.9 Å². The molecule has 0 atom stereocenters. The molecule has 2 rings (SSSR count). The molecular formula is C14H11BrClNO4. The number of rotatable bonds is 5. The number of benzene rings is 2. The summed E-state index contributed by atoms with van der Waals surface area (Å²) in [5.41, 5.74) is 0.919. The second-order valence-corrected chi connectivity index (χ2v) is 5.58. The van der Waals surface area contributed by atoms with Crippen molar-refractivity contribution in [1.82, 2.24) is 0 Å². The molecule has 110 valence electrons. The molecule has 0 bridgehead atoms. The van der Waals surface area contributed by atoms with Gasteiger partial charge < -0.3 is 9.84 Å². The number of nitrogens with zero attached hydrogens (tertiary/aromatic N) is 1. The standard InChI is InChI=1S/C14H11BrClNO4/c15-11-2-4-14(10(5-11)7-18)21-8-9-1-3-12(16)6-13(9)17(19)20/h1-6,18H,7-8H2. The molecule has 0 heterocycles. The highest BCUT2D eigenvalue weighted by Crippen LogP contribution is 2.27. The van der Waals surface area contributed by atoms with E-state index in [0.717, 1.165) is 4.47 Å². The lowest BCUT2D eigenvalue weighted by atomic mass is 10.2. The predicted molar refractivity (Wildman–Crippen MR) is 82.5 cm³/mol. The highest BCUT2D eigenvalue weighted by Gasteiger charge is 2.15. The monoisotopic (exact) mass is 371 g/mol. The summed E-state index contributed by atoms with van der Waals surface area (Å²) in [6.07, 6.45) is 0. The third-order valence-electron chi connectivity index (χ3n) is 2.82. The van der Waals surface area contributed by atoms with Crippen molar-refractivity contribution < 1.29 is 14.8 Å². The summed E-state index contributed by atoms with van der Waals surface area (Å²) in [4.78, 5) is 10.5. The zero-order chi connectivity index (χ0) is 15.4. The van der Waals surface area contributed by atoms with Crippen molar-refractivity contribution in [2.75, 3.05) is 0 Å². The number of nitro groups is 1. The summed E-state index contributed by atoms with van der Waals surface area (Å²) in [6.45, 7) is -0.167. The van der Waals surface area contributed by atoms with Crippen LogP contribution in [0.4, 0.5) is 5.69 Å². The molecule has 5 nitrogen and oxygen atoms in total. The van der Waals surface area contributed by atoms with Crippen molar-refractivity contribution >= 4 is 33.2 Å². The van der Waals surface area contributed by atoms with Crippen LogP contribution in [0.1, 0.15) is 11.1 Å². The van der Waals surface area contributed by atoms with E-state index < -0.39 is 4.92 Å². The minimum Gasteiger partial charge on any atom is -0.488 e. The summed E-state index contributed by atoms with van der Waals surface area (Å²) in [7, 11) is 0. The lowest BCUT2D eigenvalue weighted by Crippen LogP contribution is -2.02. The van der Waals surface area contributed by atoms with Gasteiger partial charge in [-0.05, 0) is 30.3 Å². The van der Waals surface area contributed by atoms with Crippen molar-refractivity contribution in [3.63, 3.8) is 0 Å². The number of aliphatic hydroxyl groups excluding tert-OH is 1. The third kappa shape index (κ3) is 3.93. The minimum absolute atomic E-state index is 0.0160. The van der Waals surface area contributed by atoms with Gasteiger partial charge in [0.15, 0.2) is 0 Å². The van der Waals surface area contributed by atoms with Crippen LogP contribution in [-0.2, 0) is 13.2 Å². The van der Waals surface area contributed by atoms with Gasteiger partial charge >= 0.3 is 0 Å². The fraction of sp³-hybridized carbons (Fsp3) is 0.143. The Balaban J connectivity index is 2.22. The van der Waals surface area contributed by atoms with Crippen LogP contribution in [0.25, 0.3) is 0 Å². The molecule has 0 unspecified atom stereocenters. The van der Waals surface area contributed by atoms with Gasteiger partial charge in [0.05, 0.1) is 17.1 Å². The van der Waals surface area contributed by atoms with E-state index in [-0.39, 0.29) is 18.9 Å². The molecule has 0 aliphatic heterocycles. The summed E-state index contributed by atoms with van der Waals surface area (Å²) < 4.78 is 6.39. The highest BCUT2D eigenvalue weighted by atomic mass is 79.9. The lowest BCUT2D eigenvalue weighted by Gasteiger charge is -2.11. The van der Waals surface area contributed by atoms with E-state index in [4.69, 9.17) is 16.3 Å². The first-order valence-corrected chi connectivity index (χ1v) is 7.13. The molecule has 2 aromatic carbocycles. The molecule has 1 N–H and O–H groups in total. The Morgan fingerprint density at radius 3 is 2.67 bits per heavy atom. The molecule has 0 saturated carbocycles. The Labute approximate surface area is 134 Å². The van der Waals surface area contributed by atoms with Crippen LogP contribution in [0.5, 0.6) is 5.75 Å². The summed E-state index contributed by atoms with van der Waals surface area (Å²) >= 11 is 9.06. The molecule has 0 aliphatic rings. The van der Waals surface area contributed by atoms with Crippen LogP contribution in [-0.4, -0.2) is 10.0 Å². The van der Waals surface area contributed by atoms with Gasteiger partial charge in [0.1, 0.15) is 12.4 Å². The van der Waals surface area contributed by atoms with Crippen molar-refractivity contribution in [1.29, 1.82) is 0 Å². The van der Waals surface area contributed by atoms with E-state index in [1.165, 1.54) is 6.07 Å². The van der Waals surface area contributed by atoms with Crippen LogP contribution in [0.3, 0.4) is 0 Å². The summed E-state index contributed by atoms with van der Waals surface area (Å²) in [5, 5.41) is 20.6. The molecule has 0 fully saturated rings. The Morgan fingerprint density at radius 2 is 2.00 bits per heavy atom. The lowest BCUT2D eigenvalue weighted by molar-refractivity contribution is -0.385. The second-order valence-electron chi connectivity index (χ2n) is 4.23. The van der Waals surface area contributed by atoms with Gasteiger partial charge in [0, 0.05) is 21.1 Å². The van der Waals surface area contributed by atoms with Crippen molar-refractivity contribution in [2.24, 2.45) is 0 Å². The number of hydrogen-bond acceptors (Lipinski definition) is 4. The summed E-state index contributed by atoms with van der Waals surface area (Å²) in [6, 6.07) is 9.60. The SMILES string of the molecule is O=[N+]([O-])c1cc(Cl)ccc1COc1ccc(Br)cc1CO. The fourth-order valence-electron chi connectivity index (χ4n) is 1.80. The molecule has 21 heavy (non-hydrogen) atoms. The third-order valence-corrected chi connectivity index (χ3v) is 3.55. The van der Waals surface area contributed by atoms with E-state index in [1.807, 2.05) is 0 Å². The van der Waals surface area contributed by atoms with Crippen molar-refractivity contribution in [2.45, 2.75) is 13.2 Å². The zero-order valence-corrected chi connectivity index (χ0v) is 13.1. The number of nitro benzene ring substituents is 1. The average molecular weight is 373 g/mol. The van der Waals surface area contributed by atoms with Crippen LogP contribution < -0.4 is 4.74 Å². The largest absolute Gasteiger partial charge is 0.488 e. The predicted octanol–water partition coefficient (Wildman–Crippen LogP) is 4.08. The molecule has 7 heteroatoms. The molecule has 2 aromatic rings. The molecule has 0 aliphatic carbocycles. The maximum Gasteiger partial charge on any atom is 0.277 e. The van der Waals surface area contributed by atoms with E-state index in [0.29, 0.717) is 21.9 Å². The smallest absolute Gasteiger partial charge is 0.277 e. The Bertz CT molecular complexity index is 678. The highest BCUT2D eigenvalue weighted by molar-refractivity contribution is 9.10. The zero-order valence-electron chi connectivity index (χ0n) is 10.8. The maximum absolute atomic E-state index is 11.0. The first-order valence-electron chi connectivity index (χ1n) is 5.96. The van der Waals surface area contributed by atoms with Gasteiger partial charge in [-0.15, -0.1) is 0 Å². The second kappa shape index (κ2) is 6.89. The Kier molecular flexibility index (Phi) is 5.17. The number of hydrogen-bond donors (Lipinski definition) is 1. The number of halogens is 2. The molecule has 0 aromatic heterocycles. The van der Waals surface area contributed by atoms with Crippen molar-refractivity contribution in [3.05, 3.63) is 67.1 Å². The van der Waals surface area contributed by atoms with Gasteiger partial charge in [-0.25, -0.2) is 0 Å². The van der Waals surface area contributed by atoms with Crippen LogP contribution in [0.2, 0.25) is 5.02 Å². The van der Waals surface area contributed by atoms with Gasteiger partial charge in [0.25, 0.3) is 5.69 Å². The van der Waals surface area contributed by atoms with Gasteiger partial charge in [0.2, 0.25) is 0 Å². The molecule has 0 radical (unpaired) electrons. The normalized spacial score (nSPS) is 10.4. The van der Waals surface area contributed by atoms with E-state index >= 15 is 0 Å². The minimum atomic E-state index is -0.501. The molecular weight excluding hydrogens is 362 g/mol. The Morgan fingerprint density at radius 1 is 1.24 bits per heavy atom. The van der Waals surface area contributed by atoms with E-state index in [1.54, 1.807) is 30.3 Å². The van der Waals surface area contributed by atoms with Gasteiger partial charge in [-0.1, -0.05) is 27.5 Å². The van der Waals surface area contributed by atoms with Crippen molar-refractivity contribution in [3.8, 4) is 5.75 Å². The fourth-order valence-corrected chi connectivity index (χ4v) is 2.37.